The Labute approximate surface area is 81.0 Å². The molecule has 0 aliphatic heterocycles. The van der Waals surface area contributed by atoms with Crippen molar-refractivity contribution in [2.45, 2.75) is 0 Å². The van der Waals surface area contributed by atoms with Crippen LogP contribution in [0.4, 0.5) is 11.4 Å². The quantitative estimate of drug-likeness (QED) is 0.574. The predicted octanol–water partition coefficient (Wildman–Crippen LogP) is 0.774. The Morgan fingerprint density at radius 2 is 1.40 bits per heavy atom. The smallest absolute Gasteiger partial charge is 0.258 e. The van der Waals surface area contributed by atoms with Gasteiger partial charge in [-0.1, -0.05) is 0 Å². The fourth-order valence-electron chi connectivity index (χ4n) is 1.16. The summed E-state index contributed by atoms with van der Waals surface area (Å²) in [6.45, 7) is 0. The summed E-state index contributed by atoms with van der Waals surface area (Å²) in [6.07, 6.45) is 0. The summed E-state index contributed by atoms with van der Waals surface area (Å²) in [5.41, 5.74) is -0.762. The molecule has 2 aromatic rings. The molecule has 0 atom stereocenters. The number of H-pyrrole nitrogens is 1. The second-order valence-electron chi connectivity index (χ2n) is 2.67. The van der Waals surface area contributed by atoms with Crippen LogP contribution in [0, 0.1) is 20.2 Å². The van der Waals surface area contributed by atoms with Crippen molar-refractivity contribution in [2.75, 3.05) is 0 Å². The summed E-state index contributed by atoms with van der Waals surface area (Å²) in [6, 6.07) is 2.02. The maximum atomic E-state index is 10.5. The number of aromatic nitrogens is 3. The number of rotatable bonds is 2. The number of hydrogen-bond acceptors (Lipinski definition) is 6. The first-order chi connectivity index (χ1) is 7.09. The molecule has 15 heavy (non-hydrogen) atoms. The molecule has 0 unspecified atom stereocenters. The summed E-state index contributed by atoms with van der Waals surface area (Å²) in [4.78, 5) is 19.4. The average Bonchev–Trinajstić information content (AvgIpc) is 2.61. The number of nitro groups is 2. The molecule has 1 N–H and O–H groups in total. The van der Waals surface area contributed by atoms with Crippen molar-refractivity contribution in [2.24, 2.45) is 0 Å². The van der Waals surface area contributed by atoms with E-state index in [1.54, 1.807) is 0 Å². The molecule has 0 radical (unpaired) electrons. The lowest BCUT2D eigenvalue weighted by molar-refractivity contribution is -0.422. The summed E-state index contributed by atoms with van der Waals surface area (Å²) in [5.74, 6) is 0. The van der Waals surface area contributed by atoms with E-state index in [2.05, 4.69) is 15.4 Å². The molecular formula is C6H3N5O4. The monoisotopic (exact) mass is 209 g/mol. The van der Waals surface area contributed by atoms with E-state index in [9.17, 15) is 20.2 Å². The Hall–Kier alpha value is -2.58. The van der Waals surface area contributed by atoms with Gasteiger partial charge in [0.2, 0.25) is 0 Å². The van der Waals surface area contributed by atoms with Crippen LogP contribution >= 0.6 is 0 Å². The first kappa shape index (κ1) is 8.99. The normalized spacial score (nSPS) is 10.4. The van der Waals surface area contributed by atoms with E-state index >= 15 is 0 Å². The molecule has 0 amide bonds. The number of benzene rings is 1. The van der Waals surface area contributed by atoms with Gasteiger partial charge in [0.15, 0.2) is 0 Å². The molecule has 9 nitrogen and oxygen atoms in total. The van der Waals surface area contributed by atoms with Crippen molar-refractivity contribution < 1.29 is 9.85 Å². The van der Waals surface area contributed by atoms with Gasteiger partial charge in [0.1, 0.15) is 11.0 Å². The molecule has 1 aromatic heterocycles. The van der Waals surface area contributed by atoms with Gasteiger partial charge in [0, 0.05) is 0 Å². The first-order valence-electron chi connectivity index (χ1n) is 3.73. The zero-order valence-corrected chi connectivity index (χ0v) is 7.08. The Balaban J connectivity index is 2.79. The zero-order chi connectivity index (χ0) is 11.0. The van der Waals surface area contributed by atoms with Crippen LogP contribution < -0.4 is 0 Å². The van der Waals surface area contributed by atoms with Gasteiger partial charge in [-0.05, 0) is 0 Å². The van der Waals surface area contributed by atoms with Crippen LogP contribution in [0.3, 0.4) is 0 Å². The third kappa shape index (κ3) is 1.35. The number of hydrogen-bond donors (Lipinski definition) is 1. The second-order valence-corrected chi connectivity index (χ2v) is 2.67. The molecule has 0 saturated carbocycles. The highest BCUT2D eigenvalue weighted by Crippen LogP contribution is 2.29. The third-order valence-corrected chi connectivity index (χ3v) is 1.81. The van der Waals surface area contributed by atoms with E-state index in [0.29, 0.717) is 0 Å². The van der Waals surface area contributed by atoms with Crippen molar-refractivity contribution in [1.29, 1.82) is 0 Å². The summed E-state index contributed by atoms with van der Waals surface area (Å²) in [5, 5.41) is 30.5. The number of nitrogens with zero attached hydrogens (tertiary/aromatic N) is 4. The van der Waals surface area contributed by atoms with Gasteiger partial charge in [0.05, 0.1) is 22.0 Å². The molecule has 9 heteroatoms. The second kappa shape index (κ2) is 2.97. The topological polar surface area (TPSA) is 128 Å². The van der Waals surface area contributed by atoms with Crippen LogP contribution in [0.5, 0.6) is 0 Å². The van der Waals surface area contributed by atoms with Crippen LogP contribution in [0.15, 0.2) is 12.1 Å². The Kier molecular flexibility index (Phi) is 1.78. The molecule has 0 spiro atoms. The van der Waals surface area contributed by atoms with Crippen LogP contribution in [-0.2, 0) is 0 Å². The van der Waals surface area contributed by atoms with E-state index in [-0.39, 0.29) is 11.0 Å². The molecule has 76 valence electrons. The van der Waals surface area contributed by atoms with Crippen molar-refractivity contribution in [3.8, 4) is 0 Å². The van der Waals surface area contributed by atoms with E-state index in [4.69, 9.17) is 0 Å². The predicted molar refractivity (Wildman–Crippen MR) is 47.2 cm³/mol. The Morgan fingerprint density at radius 3 is 1.73 bits per heavy atom. The van der Waals surface area contributed by atoms with Gasteiger partial charge in [-0.15, -0.1) is 0 Å². The van der Waals surface area contributed by atoms with Crippen molar-refractivity contribution in [3.63, 3.8) is 0 Å². The van der Waals surface area contributed by atoms with E-state index < -0.39 is 21.2 Å². The van der Waals surface area contributed by atoms with Gasteiger partial charge in [-0.2, -0.15) is 15.4 Å². The highest BCUT2D eigenvalue weighted by atomic mass is 16.6. The van der Waals surface area contributed by atoms with Crippen LogP contribution in [-0.4, -0.2) is 25.3 Å². The highest BCUT2D eigenvalue weighted by Gasteiger charge is 2.25. The number of nitro benzene ring substituents is 2. The lowest BCUT2D eigenvalue weighted by Crippen LogP contribution is -1.96. The molecule has 2 rings (SSSR count). The third-order valence-electron chi connectivity index (χ3n) is 1.81. The fourth-order valence-corrected chi connectivity index (χ4v) is 1.16. The molecule has 0 saturated heterocycles. The molecule has 1 aromatic carbocycles. The van der Waals surface area contributed by atoms with Gasteiger partial charge in [-0.25, -0.2) is 0 Å². The van der Waals surface area contributed by atoms with Crippen LogP contribution in [0.2, 0.25) is 0 Å². The van der Waals surface area contributed by atoms with Gasteiger partial charge < -0.3 is 0 Å². The van der Waals surface area contributed by atoms with Gasteiger partial charge in [-0.3, -0.25) is 20.2 Å². The molecular weight excluding hydrogens is 206 g/mol. The fraction of sp³-hybridized carbons (Fsp3) is 0. The minimum Gasteiger partial charge on any atom is -0.258 e. The van der Waals surface area contributed by atoms with Crippen LogP contribution in [0.1, 0.15) is 0 Å². The average molecular weight is 209 g/mol. The molecule has 0 bridgehead atoms. The van der Waals surface area contributed by atoms with E-state index in [1.807, 2.05) is 0 Å². The maximum absolute atomic E-state index is 10.5. The minimum absolute atomic E-state index is 0.215. The highest BCUT2D eigenvalue weighted by molar-refractivity contribution is 5.81. The number of nitrogens with one attached hydrogen (secondary N) is 1. The maximum Gasteiger partial charge on any atom is 0.348 e. The summed E-state index contributed by atoms with van der Waals surface area (Å²) >= 11 is 0. The molecule has 0 fully saturated rings. The van der Waals surface area contributed by atoms with Gasteiger partial charge in [0.25, 0.3) is 0 Å². The van der Waals surface area contributed by atoms with Crippen molar-refractivity contribution >= 4 is 22.4 Å². The largest absolute Gasteiger partial charge is 0.348 e. The summed E-state index contributed by atoms with van der Waals surface area (Å²) < 4.78 is 0. The SMILES string of the molecule is O=[N+]([O-])c1cc2n[nH]nc2cc1[N+](=O)[O-]. The van der Waals surface area contributed by atoms with Crippen molar-refractivity contribution in [3.05, 3.63) is 32.4 Å². The van der Waals surface area contributed by atoms with Crippen LogP contribution in [0.25, 0.3) is 11.0 Å². The molecule has 0 aliphatic carbocycles. The lowest BCUT2D eigenvalue weighted by atomic mass is 10.2. The molecule has 0 aliphatic rings. The minimum atomic E-state index is -0.827. The summed E-state index contributed by atoms with van der Waals surface area (Å²) in [7, 11) is 0. The van der Waals surface area contributed by atoms with E-state index in [0.717, 1.165) is 12.1 Å². The lowest BCUT2D eigenvalue weighted by Gasteiger charge is -1.93. The standard InChI is InChI=1S/C6H3N5O4/c12-10(13)5-1-3-4(8-9-7-3)2-6(5)11(14)15/h1-2H,(H,7,8,9). The first-order valence-corrected chi connectivity index (χ1v) is 3.73. The van der Waals surface area contributed by atoms with Crippen molar-refractivity contribution in [1.82, 2.24) is 15.4 Å². The Bertz CT molecular complexity index is 514. The van der Waals surface area contributed by atoms with Gasteiger partial charge >= 0.3 is 11.4 Å². The zero-order valence-electron chi connectivity index (χ0n) is 7.08. The molecule has 1 heterocycles. The Morgan fingerprint density at radius 1 is 1.00 bits per heavy atom. The number of fused-ring (bicyclic) bond motifs is 1. The number of aromatic amines is 1. The van der Waals surface area contributed by atoms with E-state index in [1.165, 1.54) is 0 Å².